The zero-order chi connectivity index (χ0) is 9.49. The fourth-order valence-electron chi connectivity index (χ4n) is 0.164. The van der Waals surface area contributed by atoms with Crippen LogP contribution in [0.4, 0.5) is 0 Å². The van der Waals surface area contributed by atoms with E-state index in [1.54, 1.807) is 0 Å². The summed E-state index contributed by atoms with van der Waals surface area (Å²) in [5.74, 6) is -0.979. The maximum absolute atomic E-state index is 9.94. The Labute approximate surface area is 95.5 Å². The van der Waals surface area contributed by atoms with E-state index in [0.717, 1.165) is 6.92 Å². The second-order valence-corrected chi connectivity index (χ2v) is 3.30. The van der Waals surface area contributed by atoms with Gasteiger partial charge in [-0.2, -0.15) is 0 Å². The first kappa shape index (κ1) is 18.0. The van der Waals surface area contributed by atoms with Gasteiger partial charge in [-0.25, -0.2) is 13.6 Å². The second kappa shape index (κ2) is 9.21. The Balaban J connectivity index is -0.0000000600. The average Bonchev–Trinajstić information content (AvgIpc) is 1.58. The molecule has 0 saturated carbocycles. The van der Waals surface area contributed by atoms with Crippen LogP contribution in [0.5, 0.6) is 0 Å². The summed E-state index contributed by atoms with van der Waals surface area (Å²) in [5.41, 5.74) is 0. The molecule has 12 heavy (non-hydrogen) atoms. The Bertz CT molecular complexity index is 225. The van der Waals surface area contributed by atoms with Crippen molar-refractivity contribution < 1.29 is 49.3 Å². The van der Waals surface area contributed by atoms with Crippen LogP contribution in [0.1, 0.15) is 8.35 Å². The molecule has 0 unspecified atom stereocenters. The Hall–Kier alpha value is 0.120. The summed E-state index contributed by atoms with van der Waals surface area (Å²) in [5, 5.41) is 12.0. The summed E-state index contributed by atoms with van der Waals surface area (Å²) < 4.78 is 19.9. The fourth-order valence-corrected chi connectivity index (χ4v) is 0.493. The molecule has 0 saturated heterocycles. The first-order valence-corrected chi connectivity index (χ1v) is 4.32. The van der Waals surface area contributed by atoms with E-state index in [-0.39, 0.29) is 36.7 Å². The third-order valence-corrected chi connectivity index (χ3v) is 1.05. The number of aliphatic carboxylic acids is 1. The van der Waals surface area contributed by atoms with E-state index in [0.29, 0.717) is 0 Å². The van der Waals surface area contributed by atoms with Crippen LogP contribution in [0, 0.1) is 0 Å². The molecule has 5 nitrogen and oxygen atoms in total. The summed E-state index contributed by atoms with van der Waals surface area (Å²) in [4.78, 5) is 9.00. The molecule has 0 fully saturated rings. The monoisotopic (exact) mass is 205 g/mol. The molecule has 0 atom stereocenters. The van der Waals surface area contributed by atoms with E-state index in [9.17, 15) is 8.42 Å². The SMILES string of the molecule is C=CCS(N)(=O)=O.CC(=O)O.[H-].[Na+]. The first-order valence-electron chi connectivity index (χ1n) is 2.60. The number of hydrogen-bond donors (Lipinski definition) is 2. The van der Waals surface area contributed by atoms with Crippen LogP contribution in [-0.2, 0) is 14.8 Å². The van der Waals surface area contributed by atoms with Gasteiger partial charge in [0.2, 0.25) is 10.0 Å². The molecule has 0 amide bonds. The number of carboxylic acids is 1. The van der Waals surface area contributed by atoms with Gasteiger partial charge in [0, 0.05) is 6.92 Å². The third-order valence-electron chi connectivity index (χ3n) is 0.350. The van der Waals surface area contributed by atoms with E-state index < -0.39 is 16.0 Å². The molecule has 0 bridgehead atoms. The van der Waals surface area contributed by atoms with Crippen LogP contribution in [0.15, 0.2) is 12.7 Å². The number of hydrogen-bond acceptors (Lipinski definition) is 3. The summed E-state index contributed by atoms with van der Waals surface area (Å²) in [6.07, 6.45) is 1.25. The summed E-state index contributed by atoms with van der Waals surface area (Å²) in [6.45, 7) is 4.27. The van der Waals surface area contributed by atoms with Gasteiger partial charge in [0.25, 0.3) is 5.97 Å². The maximum Gasteiger partial charge on any atom is 1.00 e. The Morgan fingerprint density at radius 1 is 1.75 bits per heavy atom. The van der Waals surface area contributed by atoms with Crippen molar-refractivity contribution in [1.29, 1.82) is 0 Å². The van der Waals surface area contributed by atoms with Crippen LogP contribution in [-0.4, -0.2) is 25.2 Å². The molecule has 0 aromatic rings. The Morgan fingerprint density at radius 2 is 2.00 bits per heavy atom. The van der Waals surface area contributed by atoms with Gasteiger partial charge in [-0.1, -0.05) is 6.08 Å². The Kier molecular flexibility index (Phi) is 13.8. The predicted octanol–water partition coefficient (Wildman–Crippen LogP) is -3.33. The standard InChI is InChI=1S/C3H7NO2S.C2H4O2.Na.H/c1-2-3-7(4,5)6;1-2(3)4;;/h2H,1,3H2,(H2,4,5,6);1H3,(H,3,4);;/q;;+1;-1. The van der Waals surface area contributed by atoms with Crippen LogP contribution in [0.3, 0.4) is 0 Å². The van der Waals surface area contributed by atoms with Gasteiger partial charge in [-0.15, -0.1) is 6.58 Å². The minimum absolute atomic E-state index is 0. The van der Waals surface area contributed by atoms with Crippen LogP contribution in [0.25, 0.3) is 0 Å². The van der Waals surface area contributed by atoms with Gasteiger partial charge in [0.15, 0.2) is 0 Å². The first-order chi connectivity index (χ1) is 4.79. The number of sulfonamides is 1. The predicted molar refractivity (Wildman–Crippen MR) is 42.6 cm³/mol. The van der Waals surface area contributed by atoms with Gasteiger partial charge < -0.3 is 6.53 Å². The van der Waals surface area contributed by atoms with Crippen molar-refractivity contribution in [3.05, 3.63) is 12.7 Å². The number of primary sulfonamides is 1. The van der Waals surface area contributed by atoms with Crippen LogP contribution in [0.2, 0.25) is 0 Å². The quantitative estimate of drug-likeness (QED) is 0.364. The maximum atomic E-state index is 9.94. The smallest absolute Gasteiger partial charge is 1.00 e. The van der Waals surface area contributed by atoms with Crippen LogP contribution >= 0.6 is 0 Å². The number of carbonyl (C=O) groups is 1. The van der Waals surface area contributed by atoms with Crippen molar-refractivity contribution in [3.8, 4) is 0 Å². The van der Waals surface area contributed by atoms with Gasteiger partial charge in [0.05, 0.1) is 5.75 Å². The van der Waals surface area contributed by atoms with Gasteiger partial charge in [-0.05, 0) is 0 Å². The van der Waals surface area contributed by atoms with E-state index in [2.05, 4.69) is 11.7 Å². The van der Waals surface area contributed by atoms with Crippen molar-refractivity contribution in [3.63, 3.8) is 0 Å². The van der Waals surface area contributed by atoms with E-state index in [1.807, 2.05) is 0 Å². The zero-order valence-electron chi connectivity index (χ0n) is 8.15. The number of carboxylic acid groups (broad SMARTS) is 1. The average molecular weight is 205 g/mol. The molecule has 0 rings (SSSR count). The molecule has 0 aromatic carbocycles. The van der Waals surface area contributed by atoms with Gasteiger partial charge in [0.1, 0.15) is 0 Å². The fraction of sp³-hybridized carbons (Fsp3) is 0.400. The molecular formula is C5H12NNaO4S. The van der Waals surface area contributed by atoms with Crippen molar-refractivity contribution in [2.75, 3.05) is 5.75 Å². The van der Waals surface area contributed by atoms with Crippen molar-refractivity contribution in [2.24, 2.45) is 5.14 Å². The van der Waals surface area contributed by atoms with Crippen molar-refractivity contribution in [2.45, 2.75) is 6.92 Å². The topological polar surface area (TPSA) is 97.5 Å². The van der Waals surface area contributed by atoms with Gasteiger partial charge in [-0.3, -0.25) is 4.79 Å². The molecule has 0 heterocycles. The minimum atomic E-state index is -3.29. The third kappa shape index (κ3) is 49.6. The van der Waals surface area contributed by atoms with E-state index >= 15 is 0 Å². The molecule has 0 radical (unpaired) electrons. The molecule has 0 aliphatic heterocycles. The largest absolute Gasteiger partial charge is 1.00 e. The molecule has 7 heteroatoms. The number of nitrogens with two attached hydrogens (primary N) is 1. The summed E-state index contributed by atoms with van der Waals surface area (Å²) in [6, 6.07) is 0. The molecule has 0 aliphatic carbocycles. The molecule has 0 aliphatic rings. The van der Waals surface area contributed by atoms with Gasteiger partial charge >= 0.3 is 29.6 Å². The van der Waals surface area contributed by atoms with E-state index in [4.69, 9.17) is 9.90 Å². The normalized spacial score (nSPS) is 8.50. The summed E-state index contributed by atoms with van der Waals surface area (Å²) >= 11 is 0. The Morgan fingerprint density at radius 3 is 2.00 bits per heavy atom. The van der Waals surface area contributed by atoms with Crippen LogP contribution < -0.4 is 34.7 Å². The minimum Gasteiger partial charge on any atom is -1.00 e. The summed E-state index contributed by atoms with van der Waals surface area (Å²) in [7, 11) is -3.29. The molecule has 3 N–H and O–H groups in total. The molecular weight excluding hydrogens is 193 g/mol. The molecule has 68 valence electrons. The second-order valence-electron chi connectivity index (χ2n) is 1.64. The molecule has 0 aromatic heterocycles. The number of rotatable bonds is 2. The van der Waals surface area contributed by atoms with Crippen molar-refractivity contribution in [1.82, 2.24) is 0 Å². The van der Waals surface area contributed by atoms with Crippen molar-refractivity contribution >= 4 is 16.0 Å². The van der Waals surface area contributed by atoms with E-state index in [1.165, 1.54) is 6.08 Å². The molecule has 0 spiro atoms. The zero-order valence-corrected chi connectivity index (χ0v) is 9.97.